The van der Waals surface area contributed by atoms with Crippen molar-refractivity contribution in [3.63, 3.8) is 0 Å². The summed E-state index contributed by atoms with van der Waals surface area (Å²) >= 11 is 0. The fourth-order valence-electron chi connectivity index (χ4n) is 1.08. The van der Waals surface area contributed by atoms with Crippen molar-refractivity contribution < 1.29 is 9.53 Å². The van der Waals surface area contributed by atoms with Gasteiger partial charge in [-0.3, -0.25) is 4.79 Å². The molecule has 12 heavy (non-hydrogen) atoms. The highest BCUT2D eigenvalue weighted by Crippen LogP contribution is 2.22. The fourth-order valence-corrected chi connectivity index (χ4v) is 1.08. The quantitative estimate of drug-likeness (QED) is 0.647. The van der Waals surface area contributed by atoms with E-state index in [1.165, 1.54) is 6.42 Å². The van der Waals surface area contributed by atoms with Gasteiger partial charge in [0.1, 0.15) is 6.10 Å². The monoisotopic (exact) mass is 171 g/mol. The third kappa shape index (κ3) is 2.81. The summed E-state index contributed by atoms with van der Waals surface area (Å²) in [5.74, 6) is -0.131. The Morgan fingerprint density at radius 1 is 1.67 bits per heavy atom. The molecule has 1 aliphatic carbocycles. The van der Waals surface area contributed by atoms with Crippen LogP contribution in [0.4, 0.5) is 0 Å². The zero-order valence-corrected chi connectivity index (χ0v) is 7.58. The molecular weight excluding hydrogens is 154 g/mol. The highest BCUT2D eigenvalue weighted by atomic mass is 16.5. The number of carbonyl (C=O) groups is 1. The molecule has 0 heterocycles. The van der Waals surface area contributed by atoms with Crippen LogP contribution < -0.4 is 5.73 Å². The van der Waals surface area contributed by atoms with Gasteiger partial charge in [-0.2, -0.15) is 0 Å². The molecule has 1 rings (SSSR count). The average Bonchev–Trinajstić information content (AvgIpc) is 1.97. The van der Waals surface area contributed by atoms with E-state index in [0.717, 1.165) is 19.3 Å². The van der Waals surface area contributed by atoms with Crippen molar-refractivity contribution in [2.75, 3.05) is 0 Å². The van der Waals surface area contributed by atoms with E-state index in [4.69, 9.17) is 10.5 Å². The van der Waals surface area contributed by atoms with Crippen LogP contribution in [0.3, 0.4) is 0 Å². The number of rotatable bonds is 4. The van der Waals surface area contributed by atoms with Gasteiger partial charge in [-0.15, -0.1) is 0 Å². The number of carbonyl (C=O) groups excluding carboxylic acids is 1. The van der Waals surface area contributed by atoms with E-state index < -0.39 is 0 Å². The lowest BCUT2D eigenvalue weighted by Crippen LogP contribution is -2.29. The molecule has 1 atom stereocenters. The first kappa shape index (κ1) is 9.52. The molecule has 0 aromatic heterocycles. The van der Waals surface area contributed by atoms with E-state index in [-0.39, 0.29) is 18.1 Å². The van der Waals surface area contributed by atoms with Gasteiger partial charge in [-0.1, -0.05) is 6.92 Å². The van der Waals surface area contributed by atoms with Crippen LogP contribution in [-0.2, 0) is 9.53 Å². The second kappa shape index (κ2) is 4.45. The lowest BCUT2D eigenvalue weighted by Gasteiger charge is -2.25. The van der Waals surface area contributed by atoms with Crippen LogP contribution >= 0.6 is 0 Å². The summed E-state index contributed by atoms with van der Waals surface area (Å²) in [7, 11) is 0. The van der Waals surface area contributed by atoms with Crippen LogP contribution in [-0.4, -0.2) is 18.1 Å². The van der Waals surface area contributed by atoms with Crippen LogP contribution in [0, 0.1) is 0 Å². The van der Waals surface area contributed by atoms with E-state index >= 15 is 0 Å². The first-order chi connectivity index (χ1) is 5.72. The molecule has 1 unspecified atom stereocenters. The molecule has 0 aromatic rings. The van der Waals surface area contributed by atoms with E-state index in [1.807, 2.05) is 6.92 Å². The van der Waals surface area contributed by atoms with Gasteiger partial charge in [0.05, 0.1) is 6.42 Å². The summed E-state index contributed by atoms with van der Waals surface area (Å²) in [6.07, 6.45) is 4.66. The fraction of sp³-hybridized carbons (Fsp3) is 0.889. The molecule has 0 radical (unpaired) electrons. The number of nitrogens with two attached hydrogens (primary N) is 1. The molecule has 0 spiro atoms. The molecule has 0 bridgehead atoms. The SMILES string of the molecule is CCC(N)CC(=O)OC1CCC1. The molecule has 3 nitrogen and oxygen atoms in total. The molecule has 0 saturated heterocycles. The maximum atomic E-state index is 11.1. The van der Waals surface area contributed by atoms with Crippen molar-refractivity contribution in [1.29, 1.82) is 0 Å². The standard InChI is InChI=1S/C9H17NO2/c1-2-7(10)6-9(11)12-8-4-3-5-8/h7-8H,2-6,10H2,1H3. The third-order valence-corrected chi connectivity index (χ3v) is 2.30. The summed E-state index contributed by atoms with van der Waals surface area (Å²) in [5.41, 5.74) is 5.61. The lowest BCUT2D eigenvalue weighted by molar-refractivity contribution is -0.153. The molecule has 1 aliphatic rings. The van der Waals surface area contributed by atoms with Crippen molar-refractivity contribution in [3.05, 3.63) is 0 Å². The molecule has 70 valence electrons. The van der Waals surface area contributed by atoms with Crippen molar-refractivity contribution in [3.8, 4) is 0 Å². The molecule has 0 amide bonds. The van der Waals surface area contributed by atoms with E-state index in [9.17, 15) is 4.79 Å². The summed E-state index contributed by atoms with van der Waals surface area (Å²) in [4.78, 5) is 11.1. The summed E-state index contributed by atoms with van der Waals surface area (Å²) in [6, 6.07) is -0.0300. The summed E-state index contributed by atoms with van der Waals surface area (Å²) in [6.45, 7) is 1.97. The Balaban J connectivity index is 2.10. The molecule has 2 N–H and O–H groups in total. The van der Waals surface area contributed by atoms with Gasteiger partial charge in [0.2, 0.25) is 0 Å². The predicted octanol–water partition coefficient (Wildman–Crippen LogP) is 1.21. The zero-order valence-electron chi connectivity index (χ0n) is 7.58. The minimum absolute atomic E-state index is 0.0300. The Morgan fingerprint density at radius 3 is 2.75 bits per heavy atom. The third-order valence-electron chi connectivity index (χ3n) is 2.30. The Bertz CT molecular complexity index is 146. The van der Waals surface area contributed by atoms with Crippen LogP contribution in [0.5, 0.6) is 0 Å². The van der Waals surface area contributed by atoms with E-state index in [2.05, 4.69) is 0 Å². The highest BCUT2D eigenvalue weighted by Gasteiger charge is 2.22. The van der Waals surface area contributed by atoms with Gasteiger partial charge in [0.25, 0.3) is 0 Å². The molecule has 1 saturated carbocycles. The number of hydrogen-bond donors (Lipinski definition) is 1. The van der Waals surface area contributed by atoms with Crippen LogP contribution in [0.2, 0.25) is 0 Å². The van der Waals surface area contributed by atoms with Crippen LogP contribution in [0.15, 0.2) is 0 Å². The predicted molar refractivity (Wildman–Crippen MR) is 46.6 cm³/mol. The molecule has 1 fully saturated rings. The first-order valence-electron chi connectivity index (χ1n) is 4.67. The minimum Gasteiger partial charge on any atom is -0.462 e. The number of hydrogen-bond acceptors (Lipinski definition) is 3. The van der Waals surface area contributed by atoms with Gasteiger partial charge >= 0.3 is 5.97 Å². The molecule has 3 heteroatoms. The Kier molecular flexibility index (Phi) is 3.53. The van der Waals surface area contributed by atoms with Gasteiger partial charge < -0.3 is 10.5 Å². The molecular formula is C9H17NO2. The maximum Gasteiger partial charge on any atom is 0.307 e. The first-order valence-corrected chi connectivity index (χ1v) is 4.67. The lowest BCUT2D eigenvalue weighted by atomic mass is 9.96. The van der Waals surface area contributed by atoms with E-state index in [0.29, 0.717) is 6.42 Å². The molecule has 0 aliphatic heterocycles. The summed E-state index contributed by atoms with van der Waals surface area (Å²) < 4.78 is 5.14. The zero-order chi connectivity index (χ0) is 8.97. The van der Waals surface area contributed by atoms with Crippen LogP contribution in [0.25, 0.3) is 0 Å². The minimum atomic E-state index is -0.131. The maximum absolute atomic E-state index is 11.1. The van der Waals surface area contributed by atoms with Crippen molar-refractivity contribution in [1.82, 2.24) is 0 Å². The number of ether oxygens (including phenoxy) is 1. The summed E-state index contributed by atoms with van der Waals surface area (Å²) in [5, 5.41) is 0. The van der Waals surface area contributed by atoms with Gasteiger partial charge in [-0.25, -0.2) is 0 Å². The van der Waals surface area contributed by atoms with Gasteiger partial charge in [0, 0.05) is 6.04 Å². The topological polar surface area (TPSA) is 52.3 Å². The second-order valence-electron chi connectivity index (χ2n) is 3.42. The Hall–Kier alpha value is -0.570. The van der Waals surface area contributed by atoms with E-state index in [1.54, 1.807) is 0 Å². The average molecular weight is 171 g/mol. The van der Waals surface area contributed by atoms with Gasteiger partial charge in [0.15, 0.2) is 0 Å². The van der Waals surface area contributed by atoms with Crippen molar-refractivity contribution in [2.45, 2.75) is 51.2 Å². The van der Waals surface area contributed by atoms with Crippen molar-refractivity contribution in [2.24, 2.45) is 5.73 Å². The smallest absolute Gasteiger partial charge is 0.307 e. The van der Waals surface area contributed by atoms with Crippen molar-refractivity contribution >= 4 is 5.97 Å². The van der Waals surface area contributed by atoms with Crippen LogP contribution in [0.1, 0.15) is 39.0 Å². The highest BCUT2D eigenvalue weighted by molar-refractivity contribution is 5.70. The Morgan fingerprint density at radius 2 is 2.33 bits per heavy atom. The Labute approximate surface area is 73.3 Å². The van der Waals surface area contributed by atoms with Gasteiger partial charge in [-0.05, 0) is 25.7 Å². The second-order valence-corrected chi connectivity index (χ2v) is 3.42. The normalized spacial score (nSPS) is 19.8. The number of esters is 1. The largest absolute Gasteiger partial charge is 0.462 e. The molecule has 0 aromatic carbocycles.